The first-order valence-electron chi connectivity index (χ1n) is 10.2. The van der Waals surface area contributed by atoms with E-state index in [0.29, 0.717) is 24.4 Å². The summed E-state index contributed by atoms with van der Waals surface area (Å²) in [5.41, 5.74) is 1.89. The van der Waals surface area contributed by atoms with Gasteiger partial charge >= 0.3 is 6.18 Å². The second-order valence-corrected chi connectivity index (χ2v) is 7.45. The van der Waals surface area contributed by atoms with Crippen LogP contribution < -0.4 is 5.32 Å². The minimum Gasteiger partial charge on any atom is -0.376 e. The molecule has 1 unspecified atom stereocenters. The van der Waals surface area contributed by atoms with Crippen molar-refractivity contribution in [2.45, 2.75) is 38.1 Å². The fourth-order valence-corrected chi connectivity index (χ4v) is 3.40. The smallest absolute Gasteiger partial charge is 0.376 e. The van der Waals surface area contributed by atoms with Gasteiger partial charge in [-0.3, -0.25) is 4.79 Å². The molecule has 1 N–H and O–H groups in total. The van der Waals surface area contributed by atoms with Gasteiger partial charge < -0.3 is 14.8 Å². The molecule has 3 heterocycles. The quantitative estimate of drug-likeness (QED) is 0.597. The van der Waals surface area contributed by atoms with Gasteiger partial charge in [0, 0.05) is 24.9 Å². The van der Waals surface area contributed by atoms with Crippen LogP contribution in [0.25, 0.3) is 17.0 Å². The molecule has 0 radical (unpaired) electrons. The van der Waals surface area contributed by atoms with Crippen LogP contribution in [0.2, 0.25) is 0 Å². The predicted octanol–water partition coefficient (Wildman–Crippen LogP) is 3.01. The van der Waals surface area contributed by atoms with Crippen molar-refractivity contribution in [3.05, 3.63) is 47.9 Å². The highest BCUT2D eigenvalue weighted by Gasteiger charge is 2.36. The summed E-state index contributed by atoms with van der Waals surface area (Å²) in [5, 5.41) is 6.32. The number of hydrogen-bond donors (Lipinski definition) is 1. The molecular weight excluding hydrogens is 427 g/mol. The highest BCUT2D eigenvalue weighted by molar-refractivity contribution is 5.77. The highest BCUT2D eigenvalue weighted by Crippen LogP contribution is 2.28. The number of nitrogens with zero attached hydrogens (tertiary/aromatic N) is 4. The van der Waals surface area contributed by atoms with Gasteiger partial charge in [-0.15, -0.1) is 5.10 Å². The highest BCUT2D eigenvalue weighted by atomic mass is 19.4. The van der Waals surface area contributed by atoms with E-state index in [1.54, 1.807) is 30.3 Å². The van der Waals surface area contributed by atoms with Crippen LogP contribution in [0, 0.1) is 0 Å². The van der Waals surface area contributed by atoms with Gasteiger partial charge in [-0.25, -0.2) is 4.98 Å². The standard InChI is InChI=1S/C21H22F3N5O3/c22-21(23,24)19-27-20-25-9-8-17(29(20)28-19)15-6-4-14(5-7-15)11-26-18(30)13-31-12-16-3-1-2-10-32-16/h4-9,16H,1-3,10-13H2,(H,26,30). The number of fused-ring (bicyclic) bond motifs is 1. The average Bonchev–Trinajstić information content (AvgIpc) is 3.24. The van der Waals surface area contributed by atoms with Crippen LogP contribution in [0.3, 0.4) is 0 Å². The van der Waals surface area contributed by atoms with E-state index < -0.39 is 12.0 Å². The molecule has 32 heavy (non-hydrogen) atoms. The first-order chi connectivity index (χ1) is 15.4. The Kier molecular flexibility index (Phi) is 6.66. The van der Waals surface area contributed by atoms with Crippen molar-refractivity contribution in [2.24, 2.45) is 0 Å². The molecule has 1 aliphatic heterocycles. The number of carbonyl (C=O) groups is 1. The first-order valence-corrected chi connectivity index (χ1v) is 10.2. The SMILES string of the molecule is O=C(COCC1CCCCO1)NCc1ccc(-c2ccnc3nc(C(F)(F)F)nn23)cc1. The second kappa shape index (κ2) is 9.61. The maximum atomic E-state index is 12.9. The molecule has 3 aromatic rings. The molecule has 0 aliphatic carbocycles. The Morgan fingerprint density at radius 3 is 2.75 bits per heavy atom. The van der Waals surface area contributed by atoms with Crippen molar-refractivity contribution >= 4 is 11.7 Å². The van der Waals surface area contributed by atoms with E-state index >= 15 is 0 Å². The number of nitrogens with one attached hydrogen (secondary N) is 1. The maximum Gasteiger partial charge on any atom is 0.453 e. The molecule has 8 nitrogen and oxygen atoms in total. The van der Waals surface area contributed by atoms with E-state index in [-0.39, 0.29) is 24.4 Å². The van der Waals surface area contributed by atoms with Crippen LogP contribution in [0.5, 0.6) is 0 Å². The van der Waals surface area contributed by atoms with Crippen LogP contribution >= 0.6 is 0 Å². The molecular formula is C21H22F3N5O3. The van der Waals surface area contributed by atoms with Crippen molar-refractivity contribution < 1.29 is 27.4 Å². The second-order valence-electron chi connectivity index (χ2n) is 7.45. The summed E-state index contributed by atoms with van der Waals surface area (Å²) >= 11 is 0. The zero-order chi connectivity index (χ0) is 22.6. The Morgan fingerprint density at radius 2 is 2.03 bits per heavy atom. The zero-order valence-corrected chi connectivity index (χ0v) is 17.1. The van der Waals surface area contributed by atoms with Gasteiger partial charge in [0.2, 0.25) is 5.91 Å². The number of halogens is 3. The van der Waals surface area contributed by atoms with E-state index in [4.69, 9.17) is 9.47 Å². The van der Waals surface area contributed by atoms with Gasteiger partial charge in [-0.2, -0.15) is 22.7 Å². The number of amides is 1. The largest absolute Gasteiger partial charge is 0.453 e. The Bertz CT molecular complexity index is 1060. The lowest BCUT2D eigenvalue weighted by atomic mass is 10.1. The van der Waals surface area contributed by atoms with Crippen molar-refractivity contribution in [1.82, 2.24) is 24.9 Å². The summed E-state index contributed by atoms with van der Waals surface area (Å²) in [5.74, 6) is -1.61. The fourth-order valence-electron chi connectivity index (χ4n) is 3.40. The van der Waals surface area contributed by atoms with E-state index in [9.17, 15) is 18.0 Å². The number of hydrogen-bond acceptors (Lipinski definition) is 6. The predicted molar refractivity (Wildman–Crippen MR) is 107 cm³/mol. The Morgan fingerprint density at radius 1 is 1.22 bits per heavy atom. The summed E-state index contributed by atoms with van der Waals surface area (Å²) < 4.78 is 50.8. The molecule has 4 rings (SSSR count). The lowest BCUT2D eigenvalue weighted by Gasteiger charge is -2.22. The Balaban J connectivity index is 1.33. The van der Waals surface area contributed by atoms with E-state index in [0.717, 1.165) is 35.9 Å². The molecule has 2 aromatic heterocycles. The third-order valence-corrected chi connectivity index (χ3v) is 5.04. The van der Waals surface area contributed by atoms with Crippen LogP contribution in [-0.2, 0) is 27.0 Å². The van der Waals surface area contributed by atoms with Gasteiger partial charge in [0.1, 0.15) is 6.61 Å². The molecule has 1 atom stereocenters. The van der Waals surface area contributed by atoms with Gasteiger partial charge in [0.05, 0.1) is 18.4 Å². The zero-order valence-electron chi connectivity index (χ0n) is 17.1. The molecule has 1 saturated heterocycles. The summed E-state index contributed by atoms with van der Waals surface area (Å²) in [6.45, 7) is 1.40. The minimum atomic E-state index is -4.65. The normalized spacial score (nSPS) is 16.9. The third-order valence-electron chi connectivity index (χ3n) is 5.04. The lowest BCUT2D eigenvalue weighted by molar-refractivity contribution is -0.144. The fraction of sp³-hybridized carbons (Fsp3) is 0.429. The van der Waals surface area contributed by atoms with E-state index in [1.807, 2.05) is 0 Å². The van der Waals surface area contributed by atoms with Gasteiger partial charge in [0.25, 0.3) is 11.6 Å². The number of benzene rings is 1. The van der Waals surface area contributed by atoms with Crippen molar-refractivity contribution in [3.63, 3.8) is 0 Å². The molecule has 1 aliphatic rings. The third kappa shape index (κ3) is 5.40. The molecule has 170 valence electrons. The monoisotopic (exact) mass is 449 g/mol. The number of aromatic nitrogens is 4. The van der Waals surface area contributed by atoms with Crippen molar-refractivity contribution in [1.29, 1.82) is 0 Å². The molecule has 0 saturated carbocycles. The molecule has 11 heteroatoms. The first kappa shape index (κ1) is 22.2. The summed E-state index contributed by atoms with van der Waals surface area (Å²) in [6.07, 6.45) is -0.0895. The number of alkyl halides is 3. The number of rotatable bonds is 7. The van der Waals surface area contributed by atoms with Crippen LogP contribution in [0.15, 0.2) is 36.5 Å². The molecule has 1 aromatic carbocycles. The van der Waals surface area contributed by atoms with Crippen molar-refractivity contribution in [3.8, 4) is 11.3 Å². The van der Waals surface area contributed by atoms with Crippen LogP contribution in [-0.4, -0.2) is 51.4 Å². The molecule has 1 fully saturated rings. The summed E-state index contributed by atoms with van der Waals surface area (Å²) in [6, 6.07) is 8.59. The molecule has 0 spiro atoms. The summed E-state index contributed by atoms with van der Waals surface area (Å²) in [4.78, 5) is 19.3. The van der Waals surface area contributed by atoms with E-state index in [1.165, 1.54) is 6.20 Å². The van der Waals surface area contributed by atoms with Gasteiger partial charge in [0.15, 0.2) is 0 Å². The van der Waals surface area contributed by atoms with Gasteiger partial charge in [-0.1, -0.05) is 24.3 Å². The average molecular weight is 449 g/mol. The molecule has 0 bridgehead atoms. The lowest BCUT2D eigenvalue weighted by Crippen LogP contribution is -2.30. The maximum absolute atomic E-state index is 12.9. The topological polar surface area (TPSA) is 90.6 Å². The van der Waals surface area contributed by atoms with Crippen molar-refractivity contribution in [2.75, 3.05) is 19.8 Å². The van der Waals surface area contributed by atoms with E-state index in [2.05, 4.69) is 20.4 Å². The minimum absolute atomic E-state index is 0.0409. The van der Waals surface area contributed by atoms with Gasteiger partial charge in [-0.05, 0) is 30.9 Å². The number of ether oxygens (including phenoxy) is 2. The number of carbonyl (C=O) groups excluding carboxylic acids is 1. The Hall–Kier alpha value is -3.05. The summed E-state index contributed by atoms with van der Waals surface area (Å²) in [7, 11) is 0. The Labute approximate surface area is 181 Å². The molecule has 1 amide bonds. The van der Waals surface area contributed by atoms with Crippen LogP contribution in [0.1, 0.15) is 30.7 Å². The van der Waals surface area contributed by atoms with Crippen LogP contribution in [0.4, 0.5) is 13.2 Å².